The van der Waals surface area contributed by atoms with Crippen LogP contribution in [0.2, 0.25) is 0 Å². The number of piperidine rings is 2. The Hall–Kier alpha value is -4.49. The number of aryl methyl sites for hydroxylation is 1. The van der Waals surface area contributed by atoms with Gasteiger partial charge in [0.25, 0.3) is 5.91 Å². The molecule has 0 aliphatic carbocycles. The van der Waals surface area contributed by atoms with E-state index in [0.29, 0.717) is 29.8 Å². The lowest BCUT2D eigenvalue weighted by molar-refractivity contribution is -0.396. The molecule has 0 saturated carbocycles. The monoisotopic (exact) mass is 581 g/mol. The first-order valence-electron chi connectivity index (χ1n) is 13.9. The van der Waals surface area contributed by atoms with Crippen molar-refractivity contribution in [1.82, 2.24) is 28.5 Å². The summed E-state index contributed by atoms with van der Waals surface area (Å²) >= 11 is 0. The van der Waals surface area contributed by atoms with E-state index in [-0.39, 0.29) is 37.1 Å². The molecule has 42 heavy (non-hydrogen) atoms. The number of imidazole rings is 2. The van der Waals surface area contributed by atoms with Crippen LogP contribution >= 0.6 is 0 Å². The molecule has 1 unspecified atom stereocenters. The molecule has 2 fully saturated rings. The maximum absolute atomic E-state index is 13.6. The third-order valence-electron chi connectivity index (χ3n) is 8.07. The van der Waals surface area contributed by atoms with E-state index in [2.05, 4.69) is 4.98 Å². The molecule has 1 aromatic carbocycles. The molecule has 2 aromatic heterocycles. The van der Waals surface area contributed by atoms with Crippen molar-refractivity contribution in [3.63, 3.8) is 0 Å². The summed E-state index contributed by atoms with van der Waals surface area (Å²) in [4.78, 5) is 69.4. The second-order valence-corrected chi connectivity index (χ2v) is 11.9. The lowest BCUT2D eigenvalue weighted by Crippen LogP contribution is -2.47. The van der Waals surface area contributed by atoms with Gasteiger partial charge in [-0.05, 0) is 68.6 Å². The van der Waals surface area contributed by atoms with E-state index >= 15 is 0 Å². The molecule has 224 valence electrons. The summed E-state index contributed by atoms with van der Waals surface area (Å²) in [7, 11) is 3.10. The number of fused-ring (bicyclic) bond motifs is 1. The van der Waals surface area contributed by atoms with Crippen LogP contribution in [0.4, 0.5) is 10.7 Å². The zero-order chi connectivity index (χ0) is 30.5. The van der Waals surface area contributed by atoms with Crippen molar-refractivity contribution in [2.45, 2.75) is 70.6 Å². The number of ether oxygens (including phenoxy) is 1. The first-order valence-corrected chi connectivity index (χ1v) is 13.9. The summed E-state index contributed by atoms with van der Waals surface area (Å²) in [5.41, 5.74) is 1.71. The SMILES string of the molecule is Cn1c(CN2C(=O)CCC(n3c(=O)n(C)c4cc(C5CCN(C(=O)OC(C)(C)C)CC5)ccc43)C2=O)cnc1[N+](=O)[O-]. The molecule has 14 nitrogen and oxygen atoms in total. The minimum atomic E-state index is -0.898. The standard InChI is InChI=1S/C28H35N7O7/c1-28(2,3)42-27(39)32-12-10-17(11-13-32)18-6-7-20-22(14-18)31(5)26(38)34(20)21-8-9-23(36)33(24(21)37)16-19-15-29-25(30(19)4)35(40)41/h6-7,14-15,17,21H,8-13,16H2,1-5H3. The number of imide groups is 1. The van der Waals surface area contributed by atoms with Gasteiger partial charge in [0.2, 0.25) is 5.91 Å². The Morgan fingerprint density at radius 3 is 2.38 bits per heavy atom. The molecular weight excluding hydrogens is 546 g/mol. The summed E-state index contributed by atoms with van der Waals surface area (Å²) in [6, 6.07) is 4.86. The van der Waals surface area contributed by atoms with Gasteiger partial charge in [0.05, 0.1) is 24.6 Å². The molecular formula is C28H35N7O7. The molecule has 1 atom stereocenters. The molecule has 4 heterocycles. The average Bonchev–Trinajstić information content (AvgIpc) is 3.42. The van der Waals surface area contributed by atoms with Crippen molar-refractivity contribution in [2.75, 3.05) is 13.1 Å². The van der Waals surface area contributed by atoms with Crippen molar-refractivity contribution >= 4 is 34.9 Å². The number of amides is 3. The number of hydrogen-bond donors (Lipinski definition) is 0. The fourth-order valence-electron chi connectivity index (χ4n) is 5.80. The zero-order valence-corrected chi connectivity index (χ0v) is 24.4. The Labute approximate surface area is 241 Å². The van der Waals surface area contributed by atoms with Crippen LogP contribution in [-0.2, 0) is 35.0 Å². The largest absolute Gasteiger partial charge is 0.444 e. The molecule has 0 radical (unpaired) electrons. The number of aromatic nitrogens is 4. The number of nitro groups is 1. The van der Waals surface area contributed by atoms with Crippen LogP contribution in [0.15, 0.2) is 29.2 Å². The molecule has 2 saturated heterocycles. The van der Waals surface area contributed by atoms with Gasteiger partial charge in [-0.15, -0.1) is 0 Å². The summed E-state index contributed by atoms with van der Waals surface area (Å²) < 4.78 is 9.68. The topological polar surface area (TPSA) is 155 Å². The molecule has 2 aliphatic rings. The molecule has 2 aliphatic heterocycles. The summed E-state index contributed by atoms with van der Waals surface area (Å²) in [5, 5.41) is 11.2. The van der Waals surface area contributed by atoms with E-state index in [0.717, 1.165) is 23.3 Å². The number of nitrogens with zero attached hydrogens (tertiary/aromatic N) is 7. The van der Waals surface area contributed by atoms with E-state index in [9.17, 15) is 29.3 Å². The number of rotatable bonds is 5. The van der Waals surface area contributed by atoms with Crippen LogP contribution in [0, 0.1) is 10.1 Å². The highest BCUT2D eigenvalue weighted by molar-refractivity contribution is 6.00. The van der Waals surface area contributed by atoms with E-state index < -0.39 is 34.3 Å². The quantitative estimate of drug-likeness (QED) is 0.253. The number of carbonyl (C=O) groups is 3. The maximum atomic E-state index is 13.6. The van der Waals surface area contributed by atoms with Gasteiger partial charge in [-0.3, -0.25) is 23.6 Å². The maximum Gasteiger partial charge on any atom is 0.434 e. The molecule has 14 heteroatoms. The number of likely N-dealkylation sites (tertiary alicyclic amines) is 2. The first kappa shape index (κ1) is 29.0. The van der Waals surface area contributed by atoms with Gasteiger partial charge >= 0.3 is 17.7 Å². The predicted molar refractivity (Wildman–Crippen MR) is 151 cm³/mol. The number of hydrogen-bond acceptors (Lipinski definition) is 8. The number of carbonyl (C=O) groups excluding carboxylic acids is 3. The lowest BCUT2D eigenvalue weighted by Gasteiger charge is -2.33. The highest BCUT2D eigenvalue weighted by Gasteiger charge is 2.39. The Balaban J connectivity index is 1.37. The molecule has 0 spiro atoms. The third kappa shape index (κ3) is 5.28. The molecule has 0 N–H and O–H groups in total. The van der Waals surface area contributed by atoms with E-state index in [1.54, 1.807) is 11.9 Å². The van der Waals surface area contributed by atoms with Gasteiger partial charge in [-0.1, -0.05) is 11.1 Å². The van der Waals surface area contributed by atoms with Gasteiger partial charge in [0, 0.05) is 26.6 Å². The Morgan fingerprint density at radius 1 is 1.07 bits per heavy atom. The van der Waals surface area contributed by atoms with Gasteiger partial charge in [-0.25, -0.2) is 14.2 Å². The summed E-state index contributed by atoms with van der Waals surface area (Å²) in [5.74, 6) is -1.15. The summed E-state index contributed by atoms with van der Waals surface area (Å²) in [6.07, 6.45) is 2.68. The van der Waals surface area contributed by atoms with Crippen LogP contribution in [0.25, 0.3) is 11.0 Å². The van der Waals surface area contributed by atoms with Crippen LogP contribution in [0.1, 0.15) is 69.7 Å². The fraction of sp³-hybridized carbons (Fsp3) is 0.536. The molecule has 0 bridgehead atoms. The van der Waals surface area contributed by atoms with Gasteiger partial charge in [0.1, 0.15) is 23.5 Å². The number of benzene rings is 1. The predicted octanol–water partition coefficient (Wildman–Crippen LogP) is 2.99. The van der Waals surface area contributed by atoms with Gasteiger partial charge < -0.3 is 19.8 Å². The second-order valence-electron chi connectivity index (χ2n) is 11.9. The van der Waals surface area contributed by atoms with Crippen LogP contribution in [0.5, 0.6) is 0 Å². The fourth-order valence-corrected chi connectivity index (χ4v) is 5.80. The van der Waals surface area contributed by atoms with Crippen LogP contribution in [-0.4, -0.2) is 70.0 Å². The molecule has 3 aromatic rings. The highest BCUT2D eigenvalue weighted by Crippen LogP contribution is 2.33. The van der Waals surface area contributed by atoms with Crippen molar-refractivity contribution in [2.24, 2.45) is 14.1 Å². The molecule has 3 amide bonds. The van der Waals surface area contributed by atoms with Gasteiger partial charge in [-0.2, -0.15) is 0 Å². The summed E-state index contributed by atoms with van der Waals surface area (Å²) in [6.45, 7) is 6.48. The smallest absolute Gasteiger partial charge is 0.434 e. The Bertz CT molecular complexity index is 1640. The van der Waals surface area contributed by atoms with Crippen molar-refractivity contribution in [3.05, 3.63) is 56.3 Å². The Morgan fingerprint density at radius 2 is 1.76 bits per heavy atom. The van der Waals surface area contributed by atoms with Gasteiger partial charge in [0.15, 0.2) is 0 Å². The third-order valence-corrected chi connectivity index (χ3v) is 8.07. The second kappa shape index (κ2) is 10.7. The average molecular weight is 582 g/mol. The van der Waals surface area contributed by atoms with Crippen LogP contribution < -0.4 is 5.69 Å². The van der Waals surface area contributed by atoms with E-state index in [4.69, 9.17) is 4.74 Å². The zero-order valence-electron chi connectivity index (χ0n) is 24.4. The minimum Gasteiger partial charge on any atom is -0.444 e. The first-order chi connectivity index (χ1) is 19.8. The minimum absolute atomic E-state index is 0.0491. The highest BCUT2D eigenvalue weighted by atomic mass is 16.6. The normalized spacial score (nSPS) is 18.6. The van der Waals surface area contributed by atoms with E-state index in [1.165, 1.54) is 26.9 Å². The van der Waals surface area contributed by atoms with E-state index in [1.807, 2.05) is 39.0 Å². The van der Waals surface area contributed by atoms with Crippen molar-refractivity contribution in [1.29, 1.82) is 0 Å². The van der Waals surface area contributed by atoms with Crippen molar-refractivity contribution in [3.8, 4) is 0 Å². The Kier molecular flexibility index (Phi) is 7.41. The lowest BCUT2D eigenvalue weighted by atomic mass is 9.89. The van der Waals surface area contributed by atoms with Crippen molar-refractivity contribution < 1.29 is 24.0 Å². The molecule has 5 rings (SSSR count). The van der Waals surface area contributed by atoms with Crippen LogP contribution in [0.3, 0.4) is 0 Å².